The Labute approximate surface area is 102 Å². The standard InChI is InChI=1S/C11H11NO6/c1-6(13)5-8-7(11(15)18-2)3-4-9(10(8)14)12(16)17/h3-4,14H,5H2,1-2H3. The number of nitro groups is 1. The molecule has 0 aliphatic rings. The number of carbonyl (C=O) groups is 2. The van der Waals surface area contributed by atoms with Crippen LogP contribution in [0.3, 0.4) is 0 Å². The smallest absolute Gasteiger partial charge is 0.338 e. The lowest BCUT2D eigenvalue weighted by Crippen LogP contribution is -2.09. The van der Waals surface area contributed by atoms with E-state index >= 15 is 0 Å². The van der Waals surface area contributed by atoms with Gasteiger partial charge in [0.05, 0.1) is 17.6 Å². The van der Waals surface area contributed by atoms with Gasteiger partial charge in [0.2, 0.25) is 0 Å². The van der Waals surface area contributed by atoms with Crippen molar-refractivity contribution in [3.05, 3.63) is 33.4 Å². The number of aromatic hydroxyl groups is 1. The van der Waals surface area contributed by atoms with Crippen molar-refractivity contribution < 1.29 is 24.4 Å². The Hall–Kier alpha value is -2.44. The van der Waals surface area contributed by atoms with Gasteiger partial charge in [-0.3, -0.25) is 14.9 Å². The topological polar surface area (TPSA) is 107 Å². The van der Waals surface area contributed by atoms with Crippen molar-refractivity contribution in [2.24, 2.45) is 0 Å². The molecule has 18 heavy (non-hydrogen) atoms. The molecule has 1 rings (SSSR count). The van der Waals surface area contributed by atoms with Gasteiger partial charge in [-0.2, -0.15) is 0 Å². The molecule has 0 fully saturated rings. The molecular weight excluding hydrogens is 242 g/mol. The highest BCUT2D eigenvalue weighted by Gasteiger charge is 2.24. The van der Waals surface area contributed by atoms with Crippen LogP contribution in [-0.2, 0) is 16.0 Å². The Balaban J connectivity index is 3.45. The quantitative estimate of drug-likeness (QED) is 0.491. The van der Waals surface area contributed by atoms with Gasteiger partial charge in [0, 0.05) is 18.1 Å². The first-order chi connectivity index (χ1) is 8.38. The van der Waals surface area contributed by atoms with E-state index in [1.807, 2.05) is 0 Å². The van der Waals surface area contributed by atoms with Crippen LogP contribution in [0.15, 0.2) is 12.1 Å². The van der Waals surface area contributed by atoms with Crippen LogP contribution in [0.25, 0.3) is 0 Å². The lowest BCUT2D eigenvalue weighted by molar-refractivity contribution is -0.385. The summed E-state index contributed by atoms with van der Waals surface area (Å²) in [6.45, 7) is 1.25. The van der Waals surface area contributed by atoms with Gasteiger partial charge in [-0.25, -0.2) is 4.79 Å². The largest absolute Gasteiger partial charge is 0.502 e. The van der Waals surface area contributed by atoms with Crippen molar-refractivity contribution in [3.63, 3.8) is 0 Å². The highest BCUT2D eigenvalue weighted by Crippen LogP contribution is 2.33. The number of hydrogen-bond acceptors (Lipinski definition) is 6. The van der Waals surface area contributed by atoms with Crippen LogP contribution in [0.2, 0.25) is 0 Å². The van der Waals surface area contributed by atoms with Crippen LogP contribution in [0, 0.1) is 10.1 Å². The number of phenols is 1. The van der Waals surface area contributed by atoms with E-state index in [0.717, 1.165) is 19.2 Å². The van der Waals surface area contributed by atoms with E-state index in [2.05, 4.69) is 4.74 Å². The van der Waals surface area contributed by atoms with Crippen LogP contribution in [0.1, 0.15) is 22.8 Å². The summed E-state index contributed by atoms with van der Waals surface area (Å²) in [4.78, 5) is 32.4. The number of carbonyl (C=O) groups excluding carboxylic acids is 2. The van der Waals surface area contributed by atoms with Gasteiger partial charge in [0.1, 0.15) is 5.78 Å². The molecular formula is C11H11NO6. The average Bonchev–Trinajstić information content (AvgIpc) is 2.29. The summed E-state index contributed by atoms with van der Waals surface area (Å²) in [5.41, 5.74) is -0.710. The molecule has 0 aromatic heterocycles. The molecule has 7 heteroatoms. The Morgan fingerprint density at radius 1 is 1.44 bits per heavy atom. The lowest BCUT2D eigenvalue weighted by Gasteiger charge is -2.08. The van der Waals surface area contributed by atoms with Crippen LogP contribution in [0.4, 0.5) is 5.69 Å². The summed E-state index contributed by atoms with van der Waals surface area (Å²) in [6.07, 6.45) is -0.280. The molecule has 96 valence electrons. The lowest BCUT2D eigenvalue weighted by atomic mass is 10.0. The normalized spacial score (nSPS) is 9.89. The molecule has 0 radical (unpaired) electrons. The van der Waals surface area contributed by atoms with Crippen LogP contribution >= 0.6 is 0 Å². The number of rotatable bonds is 4. The van der Waals surface area contributed by atoms with E-state index in [1.165, 1.54) is 6.92 Å². The molecule has 1 aromatic rings. The number of phenolic OH excluding ortho intramolecular Hbond substituents is 1. The first kappa shape index (κ1) is 13.6. The average molecular weight is 253 g/mol. The zero-order valence-corrected chi connectivity index (χ0v) is 9.80. The summed E-state index contributed by atoms with van der Waals surface area (Å²) >= 11 is 0. The Kier molecular flexibility index (Phi) is 3.98. The maximum Gasteiger partial charge on any atom is 0.338 e. The van der Waals surface area contributed by atoms with Gasteiger partial charge >= 0.3 is 11.7 Å². The van der Waals surface area contributed by atoms with Crippen LogP contribution < -0.4 is 0 Å². The van der Waals surface area contributed by atoms with Gasteiger partial charge in [0.25, 0.3) is 0 Å². The molecule has 1 N–H and O–H groups in total. The molecule has 1 aromatic carbocycles. The Morgan fingerprint density at radius 3 is 2.50 bits per heavy atom. The molecule has 0 saturated heterocycles. The van der Waals surface area contributed by atoms with E-state index in [1.54, 1.807) is 0 Å². The maximum atomic E-state index is 11.4. The number of hydrogen-bond donors (Lipinski definition) is 1. The van der Waals surface area contributed by atoms with Crippen LogP contribution in [-0.4, -0.2) is 28.9 Å². The number of ether oxygens (including phenoxy) is 1. The minimum absolute atomic E-state index is 0.0594. The first-order valence-corrected chi connectivity index (χ1v) is 4.95. The van der Waals surface area contributed by atoms with E-state index in [4.69, 9.17) is 0 Å². The minimum Gasteiger partial charge on any atom is -0.502 e. The predicted molar refractivity (Wildman–Crippen MR) is 60.5 cm³/mol. The molecule has 0 aliphatic carbocycles. The molecule has 0 unspecified atom stereocenters. The number of Topliss-reactive ketones (excluding diaryl/α,β-unsaturated/α-hetero) is 1. The zero-order chi connectivity index (χ0) is 13.9. The van der Waals surface area contributed by atoms with E-state index in [9.17, 15) is 24.8 Å². The Bertz CT molecular complexity index is 523. The molecule has 0 spiro atoms. The number of esters is 1. The second kappa shape index (κ2) is 5.26. The first-order valence-electron chi connectivity index (χ1n) is 4.95. The van der Waals surface area contributed by atoms with Crippen molar-refractivity contribution in [2.75, 3.05) is 7.11 Å². The Morgan fingerprint density at radius 2 is 2.06 bits per heavy atom. The minimum atomic E-state index is -0.792. The summed E-state index contributed by atoms with van der Waals surface area (Å²) < 4.78 is 4.48. The molecule has 0 saturated carbocycles. The summed E-state index contributed by atoms with van der Waals surface area (Å²) in [6, 6.07) is 2.15. The van der Waals surface area contributed by atoms with Gasteiger partial charge < -0.3 is 9.84 Å². The number of methoxy groups -OCH3 is 1. The third kappa shape index (κ3) is 2.62. The predicted octanol–water partition coefficient (Wildman–Crippen LogP) is 1.22. The summed E-state index contributed by atoms with van der Waals surface area (Å²) in [5, 5.41) is 20.4. The highest BCUT2D eigenvalue weighted by atomic mass is 16.6. The van der Waals surface area contributed by atoms with Gasteiger partial charge in [-0.1, -0.05) is 0 Å². The van der Waals surface area contributed by atoms with E-state index in [0.29, 0.717) is 0 Å². The monoisotopic (exact) mass is 253 g/mol. The third-order valence-corrected chi connectivity index (χ3v) is 2.29. The fourth-order valence-corrected chi connectivity index (χ4v) is 1.50. The fourth-order valence-electron chi connectivity index (χ4n) is 1.50. The SMILES string of the molecule is COC(=O)c1ccc([N+](=O)[O-])c(O)c1CC(C)=O. The van der Waals surface area contributed by atoms with Crippen molar-refractivity contribution in [1.29, 1.82) is 0 Å². The zero-order valence-electron chi connectivity index (χ0n) is 9.80. The van der Waals surface area contributed by atoms with Crippen molar-refractivity contribution in [2.45, 2.75) is 13.3 Å². The number of ketones is 1. The molecule has 0 bridgehead atoms. The van der Waals surface area contributed by atoms with E-state index in [-0.39, 0.29) is 23.3 Å². The van der Waals surface area contributed by atoms with Crippen molar-refractivity contribution >= 4 is 17.4 Å². The number of benzene rings is 1. The third-order valence-electron chi connectivity index (χ3n) is 2.29. The molecule has 0 aliphatic heterocycles. The molecule has 0 atom stereocenters. The maximum absolute atomic E-state index is 11.4. The van der Waals surface area contributed by atoms with Gasteiger partial charge in [0.15, 0.2) is 5.75 Å². The molecule has 0 amide bonds. The van der Waals surface area contributed by atoms with E-state index < -0.39 is 22.3 Å². The van der Waals surface area contributed by atoms with Gasteiger partial charge in [-0.05, 0) is 13.0 Å². The molecule has 0 heterocycles. The second-order valence-corrected chi connectivity index (χ2v) is 3.59. The highest BCUT2D eigenvalue weighted by molar-refractivity contribution is 5.94. The van der Waals surface area contributed by atoms with Crippen molar-refractivity contribution in [1.82, 2.24) is 0 Å². The second-order valence-electron chi connectivity index (χ2n) is 3.59. The number of nitrogens with zero attached hydrogens (tertiary/aromatic N) is 1. The number of nitro benzene ring substituents is 1. The summed E-state index contributed by atoms with van der Waals surface area (Å²) in [7, 11) is 1.14. The van der Waals surface area contributed by atoms with Crippen LogP contribution in [0.5, 0.6) is 5.75 Å². The fraction of sp³-hybridized carbons (Fsp3) is 0.273. The molecule has 7 nitrogen and oxygen atoms in total. The van der Waals surface area contributed by atoms with Gasteiger partial charge in [-0.15, -0.1) is 0 Å². The summed E-state index contributed by atoms with van der Waals surface area (Å²) in [5.74, 6) is -1.79. The van der Waals surface area contributed by atoms with Crippen molar-refractivity contribution in [3.8, 4) is 5.75 Å².